The monoisotopic (exact) mass is 268 g/mol. The fourth-order valence-electron chi connectivity index (χ4n) is 3.06. The van der Waals surface area contributed by atoms with Gasteiger partial charge in [-0.15, -0.1) is 11.3 Å². The van der Waals surface area contributed by atoms with Gasteiger partial charge in [-0.25, -0.2) is 4.98 Å². The van der Waals surface area contributed by atoms with Gasteiger partial charge in [0.25, 0.3) is 0 Å². The van der Waals surface area contributed by atoms with Crippen molar-refractivity contribution >= 4 is 11.3 Å². The molecule has 18 heavy (non-hydrogen) atoms. The zero-order valence-electron chi connectivity index (χ0n) is 11.0. The fourth-order valence-corrected chi connectivity index (χ4v) is 3.86. The lowest BCUT2D eigenvalue weighted by Gasteiger charge is -2.32. The minimum atomic E-state index is 0.225. The summed E-state index contributed by atoms with van der Waals surface area (Å²) < 4.78 is 11.5. The van der Waals surface area contributed by atoms with E-state index in [-0.39, 0.29) is 12.2 Å². The number of methoxy groups -OCH3 is 1. The molecule has 3 heterocycles. The number of hydrogen-bond donors (Lipinski definition) is 0. The van der Waals surface area contributed by atoms with Gasteiger partial charge in [-0.3, -0.25) is 4.90 Å². The van der Waals surface area contributed by atoms with E-state index in [0.717, 1.165) is 31.8 Å². The summed E-state index contributed by atoms with van der Waals surface area (Å²) >= 11 is 1.75. The van der Waals surface area contributed by atoms with E-state index in [1.807, 2.05) is 5.51 Å². The number of nitrogens with zero attached hydrogens (tertiary/aromatic N) is 2. The maximum Gasteiger partial charge on any atom is 0.100 e. The molecule has 0 amide bonds. The molecule has 1 aromatic heterocycles. The molecule has 3 atom stereocenters. The highest BCUT2D eigenvalue weighted by molar-refractivity contribution is 7.09. The van der Waals surface area contributed by atoms with Gasteiger partial charge in [-0.2, -0.15) is 0 Å². The standard InChI is InChI=1S/C13H20N2O2S/c1-9-12(18-8-14-9)7-15-6-11(16-2)13-10(15)4-3-5-17-13/h8,10-11,13H,3-7H2,1-2H3/t10-,11-,13+/m1/s1. The maximum absolute atomic E-state index is 5.91. The van der Waals surface area contributed by atoms with Crippen LogP contribution in [0.15, 0.2) is 5.51 Å². The summed E-state index contributed by atoms with van der Waals surface area (Å²) in [4.78, 5) is 8.22. The molecular weight excluding hydrogens is 248 g/mol. The molecule has 0 spiro atoms. The van der Waals surface area contributed by atoms with Crippen molar-refractivity contribution in [2.75, 3.05) is 20.3 Å². The Balaban J connectivity index is 1.74. The Morgan fingerprint density at radius 2 is 2.50 bits per heavy atom. The summed E-state index contributed by atoms with van der Waals surface area (Å²) in [5.41, 5.74) is 3.10. The van der Waals surface area contributed by atoms with Crippen molar-refractivity contribution in [2.24, 2.45) is 0 Å². The molecule has 0 radical (unpaired) electrons. The van der Waals surface area contributed by atoms with E-state index in [9.17, 15) is 0 Å². The van der Waals surface area contributed by atoms with Crippen LogP contribution in [0.2, 0.25) is 0 Å². The molecule has 2 aliphatic heterocycles. The molecule has 4 nitrogen and oxygen atoms in total. The molecule has 0 saturated carbocycles. The van der Waals surface area contributed by atoms with Crippen molar-refractivity contribution in [3.63, 3.8) is 0 Å². The van der Waals surface area contributed by atoms with Crippen LogP contribution in [-0.4, -0.2) is 48.4 Å². The van der Waals surface area contributed by atoms with E-state index in [2.05, 4.69) is 16.8 Å². The van der Waals surface area contributed by atoms with Gasteiger partial charge in [0.15, 0.2) is 0 Å². The van der Waals surface area contributed by atoms with Crippen LogP contribution < -0.4 is 0 Å². The van der Waals surface area contributed by atoms with Crippen LogP contribution in [0.25, 0.3) is 0 Å². The third kappa shape index (κ3) is 2.20. The number of fused-ring (bicyclic) bond motifs is 1. The van der Waals surface area contributed by atoms with Crippen LogP contribution in [0.5, 0.6) is 0 Å². The van der Waals surface area contributed by atoms with Crippen molar-refractivity contribution in [3.8, 4) is 0 Å². The topological polar surface area (TPSA) is 34.6 Å². The molecule has 2 saturated heterocycles. The van der Waals surface area contributed by atoms with E-state index in [1.165, 1.54) is 11.3 Å². The lowest BCUT2D eigenvalue weighted by atomic mass is 10.0. The van der Waals surface area contributed by atoms with Gasteiger partial charge in [-0.1, -0.05) is 0 Å². The molecule has 100 valence electrons. The summed E-state index contributed by atoms with van der Waals surface area (Å²) in [5.74, 6) is 0. The SMILES string of the molecule is CO[C@@H]1CN(Cc2scnc2C)[C@@H]2CCCO[C@@H]21. The second kappa shape index (κ2) is 5.25. The molecule has 0 aromatic carbocycles. The first-order valence-electron chi connectivity index (χ1n) is 6.57. The Kier molecular flexibility index (Phi) is 3.66. The summed E-state index contributed by atoms with van der Waals surface area (Å²) in [6.45, 7) is 4.93. The van der Waals surface area contributed by atoms with Gasteiger partial charge in [-0.05, 0) is 19.8 Å². The minimum Gasteiger partial charge on any atom is -0.377 e. The van der Waals surface area contributed by atoms with Crippen LogP contribution in [0.4, 0.5) is 0 Å². The second-order valence-electron chi connectivity index (χ2n) is 5.11. The first-order chi connectivity index (χ1) is 8.79. The predicted octanol–water partition coefficient (Wildman–Crippen LogP) is 1.83. The molecule has 2 fully saturated rings. The van der Waals surface area contributed by atoms with Crippen LogP contribution >= 0.6 is 11.3 Å². The van der Waals surface area contributed by atoms with E-state index < -0.39 is 0 Å². The third-order valence-corrected chi connectivity index (χ3v) is 5.00. The largest absolute Gasteiger partial charge is 0.377 e. The lowest BCUT2D eigenvalue weighted by Crippen LogP contribution is -2.41. The first-order valence-corrected chi connectivity index (χ1v) is 7.45. The number of aromatic nitrogens is 1. The second-order valence-corrected chi connectivity index (χ2v) is 6.05. The number of hydrogen-bond acceptors (Lipinski definition) is 5. The van der Waals surface area contributed by atoms with E-state index in [4.69, 9.17) is 9.47 Å². The van der Waals surface area contributed by atoms with Gasteiger partial charge in [0.1, 0.15) is 6.10 Å². The summed E-state index contributed by atoms with van der Waals surface area (Å²) in [7, 11) is 1.79. The van der Waals surface area contributed by atoms with Gasteiger partial charge in [0, 0.05) is 37.7 Å². The van der Waals surface area contributed by atoms with Crippen molar-refractivity contribution in [3.05, 3.63) is 16.1 Å². The highest BCUT2D eigenvalue weighted by Gasteiger charge is 2.44. The van der Waals surface area contributed by atoms with Crippen molar-refractivity contribution < 1.29 is 9.47 Å². The Morgan fingerprint density at radius 1 is 1.61 bits per heavy atom. The molecule has 5 heteroatoms. The smallest absolute Gasteiger partial charge is 0.100 e. The summed E-state index contributed by atoms with van der Waals surface area (Å²) in [6, 6.07) is 0.519. The van der Waals surface area contributed by atoms with Gasteiger partial charge in [0.05, 0.1) is 17.3 Å². The van der Waals surface area contributed by atoms with Crippen molar-refractivity contribution in [1.29, 1.82) is 0 Å². The molecule has 3 rings (SSSR count). The average Bonchev–Trinajstić information content (AvgIpc) is 2.95. The zero-order chi connectivity index (χ0) is 12.5. The fraction of sp³-hybridized carbons (Fsp3) is 0.769. The quantitative estimate of drug-likeness (QED) is 0.837. The molecule has 0 N–H and O–H groups in total. The highest BCUT2D eigenvalue weighted by atomic mass is 32.1. The summed E-state index contributed by atoms with van der Waals surface area (Å²) in [6.07, 6.45) is 2.87. The summed E-state index contributed by atoms with van der Waals surface area (Å²) in [5, 5.41) is 0. The van der Waals surface area contributed by atoms with Crippen LogP contribution in [0, 0.1) is 6.92 Å². The Morgan fingerprint density at radius 3 is 3.22 bits per heavy atom. The molecule has 2 aliphatic rings. The first kappa shape index (κ1) is 12.5. The maximum atomic E-state index is 5.91. The van der Waals surface area contributed by atoms with E-state index in [0.29, 0.717) is 6.04 Å². The number of likely N-dealkylation sites (tertiary alicyclic amines) is 1. The number of rotatable bonds is 3. The molecule has 0 unspecified atom stereocenters. The number of ether oxygens (including phenoxy) is 2. The lowest BCUT2D eigenvalue weighted by molar-refractivity contribution is -0.0655. The molecule has 0 bridgehead atoms. The van der Waals surface area contributed by atoms with E-state index >= 15 is 0 Å². The zero-order valence-corrected chi connectivity index (χ0v) is 11.8. The van der Waals surface area contributed by atoms with E-state index in [1.54, 1.807) is 18.4 Å². The average molecular weight is 268 g/mol. The third-order valence-electron chi connectivity index (χ3n) is 4.08. The van der Waals surface area contributed by atoms with Gasteiger partial charge >= 0.3 is 0 Å². The van der Waals surface area contributed by atoms with Crippen LogP contribution in [0.3, 0.4) is 0 Å². The van der Waals surface area contributed by atoms with Crippen LogP contribution in [-0.2, 0) is 16.0 Å². The molecule has 1 aromatic rings. The highest BCUT2D eigenvalue weighted by Crippen LogP contribution is 2.32. The molecule has 0 aliphatic carbocycles. The normalized spacial score (nSPS) is 32.7. The minimum absolute atomic E-state index is 0.225. The predicted molar refractivity (Wildman–Crippen MR) is 70.8 cm³/mol. The number of aryl methyl sites for hydroxylation is 1. The Hall–Kier alpha value is -0.490. The molecular formula is C13H20N2O2S. The van der Waals surface area contributed by atoms with Crippen molar-refractivity contribution in [2.45, 2.75) is 44.6 Å². The van der Waals surface area contributed by atoms with Gasteiger partial charge < -0.3 is 9.47 Å². The van der Waals surface area contributed by atoms with Crippen molar-refractivity contribution in [1.82, 2.24) is 9.88 Å². The Bertz CT molecular complexity index is 409. The van der Waals surface area contributed by atoms with Gasteiger partial charge in [0.2, 0.25) is 0 Å². The number of thiazole rings is 1. The Labute approximate surface area is 112 Å². The van der Waals surface area contributed by atoms with Crippen LogP contribution in [0.1, 0.15) is 23.4 Å².